The molecule has 0 saturated carbocycles. The van der Waals surface area contributed by atoms with Gasteiger partial charge in [0.25, 0.3) is 0 Å². The summed E-state index contributed by atoms with van der Waals surface area (Å²) in [4.78, 5) is 2.22. The Labute approximate surface area is 236 Å². The third kappa shape index (κ3) is 4.70. The first kappa shape index (κ1) is 25.0. The van der Waals surface area contributed by atoms with Crippen LogP contribution in [0.4, 0.5) is 11.4 Å². The molecule has 0 bridgehead atoms. The van der Waals surface area contributed by atoms with Crippen LogP contribution in [0.3, 0.4) is 0 Å². The molecule has 1 heterocycles. The van der Waals surface area contributed by atoms with E-state index in [4.69, 9.17) is 6.42 Å². The summed E-state index contributed by atoms with van der Waals surface area (Å²) in [5, 5.41) is 1.20. The molecule has 0 unspecified atom stereocenters. The normalized spacial score (nSPS) is 11.1. The van der Waals surface area contributed by atoms with Gasteiger partial charge in [0, 0.05) is 40.8 Å². The summed E-state index contributed by atoms with van der Waals surface area (Å²) in [7, 11) is 2.11. The number of rotatable bonds is 6. The third-order valence-electron chi connectivity index (χ3n) is 7.58. The van der Waals surface area contributed by atoms with Gasteiger partial charge in [-0.2, -0.15) is 0 Å². The van der Waals surface area contributed by atoms with Crippen LogP contribution >= 0.6 is 0 Å². The molecule has 2 heteroatoms. The fraction of sp³-hybridized carbons (Fsp3) is 0.0526. The molecule has 192 valence electrons. The van der Waals surface area contributed by atoms with E-state index in [0.717, 1.165) is 22.6 Å². The van der Waals surface area contributed by atoms with Gasteiger partial charge in [-0.25, -0.2) is 0 Å². The van der Waals surface area contributed by atoms with Gasteiger partial charge in [-0.05, 0) is 83.8 Å². The fourth-order valence-corrected chi connectivity index (χ4v) is 5.40. The molecular weight excluding hydrogens is 484 g/mol. The summed E-state index contributed by atoms with van der Waals surface area (Å²) < 4.78 is 2.30. The highest BCUT2D eigenvalue weighted by molar-refractivity contribution is 5.93. The highest BCUT2D eigenvalue weighted by Gasteiger charge is 2.13. The van der Waals surface area contributed by atoms with Crippen molar-refractivity contribution in [1.29, 1.82) is 0 Å². The largest absolute Gasteiger partial charge is 0.345 e. The lowest BCUT2D eigenvalue weighted by molar-refractivity contribution is 1.05. The standard InChI is InChI=1S/C38H30N2/c1-4-5-13-36-28(2)40(38-15-10-9-14-37(36)38)35-26-20-32(21-27-35)31-18-24-34(25-19-31)39(3)33-22-16-30(17-23-33)29-11-7-6-8-12-29/h1,5-27H,2-3H3/b13-5-. The maximum absolute atomic E-state index is 5.49. The SMILES string of the molecule is C#C/C=C\c1c(C)n(-c2ccc(-c3ccc(N(C)c4ccc(-c5ccccc5)cc4)cc3)cc2)c2ccccc12. The highest BCUT2D eigenvalue weighted by atomic mass is 15.1. The molecule has 6 aromatic rings. The Bertz CT molecular complexity index is 1830. The fourth-order valence-electron chi connectivity index (χ4n) is 5.40. The lowest BCUT2D eigenvalue weighted by Gasteiger charge is -2.20. The minimum Gasteiger partial charge on any atom is -0.345 e. The van der Waals surface area contributed by atoms with Crippen molar-refractivity contribution in [3.63, 3.8) is 0 Å². The van der Waals surface area contributed by atoms with Crippen LogP contribution < -0.4 is 4.90 Å². The van der Waals surface area contributed by atoms with Gasteiger partial charge in [-0.1, -0.05) is 90.8 Å². The number of hydrogen-bond donors (Lipinski definition) is 0. The summed E-state index contributed by atoms with van der Waals surface area (Å²) in [5.41, 5.74) is 11.8. The topological polar surface area (TPSA) is 8.17 Å². The molecule has 0 atom stereocenters. The average Bonchev–Trinajstić information content (AvgIpc) is 3.31. The molecule has 2 nitrogen and oxygen atoms in total. The van der Waals surface area contributed by atoms with Crippen LogP contribution in [0, 0.1) is 19.3 Å². The average molecular weight is 515 g/mol. The van der Waals surface area contributed by atoms with Crippen LogP contribution in [-0.4, -0.2) is 11.6 Å². The Morgan fingerprint density at radius 2 is 1.12 bits per heavy atom. The number of allylic oxidation sites excluding steroid dienone is 1. The summed E-state index contributed by atoms with van der Waals surface area (Å²) >= 11 is 0. The second-order valence-corrected chi connectivity index (χ2v) is 9.92. The maximum Gasteiger partial charge on any atom is 0.0537 e. The van der Waals surface area contributed by atoms with E-state index in [-0.39, 0.29) is 0 Å². The second kappa shape index (κ2) is 10.8. The van der Waals surface area contributed by atoms with Crippen molar-refractivity contribution in [2.75, 3.05) is 11.9 Å². The lowest BCUT2D eigenvalue weighted by atomic mass is 10.0. The molecule has 0 aliphatic rings. The minimum absolute atomic E-state index is 1.13. The van der Waals surface area contributed by atoms with Crippen LogP contribution in [0.5, 0.6) is 0 Å². The molecule has 5 aromatic carbocycles. The Morgan fingerprint density at radius 3 is 1.70 bits per heavy atom. The van der Waals surface area contributed by atoms with Crippen LogP contribution in [0.15, 0.2) is 133 Å². The predicted octanol–water partition coefficient (Wildman–Crippen LogP) is 9.69. The van der Waals surface area contributed by atoms with Gasteiger partial charge >= 0.3 is 0 Å². The van der Waals surface area contributed by atoms with Crippen LogP contribution in [-0.2, 0) is 0 Å². The lowest BCUT2D eigenvalue weighted by Crippen LogP contribution is -2.08. The van der Waals surface area contributed by atoms with Crippen LogP contribution in [0.25, 0.3) is 44.9 Å². The van der Waals surface area contributed by atoms with E-state index < -0.39 is 0 Å². The van der Waals surface area contributed by atoms with Crippen molar-refractivity contribution in [2.24, 2.45) is 0 Å². The van der Waals surface area contributed by atoms with Gasteiger partial charge in [-0.3, -0.25) is 0 Å². The quantitative estimate of drug-likeness (QED) is 0.201. The number of hydrogen-bond acceptors (Lipinski definition) is 1. The molecule has 0 aliphatic heterocycles. The van der Waals surface area contributed by atoms with Gasteiger partial charge in [0.2, 0.25) is 0 Å². The van der Waals surface area contributed by atoms with Crippen molar-refractivity contribution in [2.45, 2.75) is 6.92 Å². The summed E-state index contributed by atoms with van der Waals surface area (Å²) in [6.45, 7) is 2.15. The van der Waals surface area contributed by atoms with Crippen molar-refractivity contribution in [1.82, 2.24) is 4.57 Å². The van der Waals surface area contributed by atoms with E-state index in [9.17, 15) is 0 Å². The zero-order valence-electron chi connectivity index (χ0n) is 22.8. The zero-order valence-corrected chi connectivity index (χ0v) is 22.8. The number of terminal acetylenes is 1. The highest BCUT2D eigenvalue weighted by Crippen LogP contribution is 2.32. The van der Waals surface area contributed by atoms with Crippen molar-refractivity contribution < 1.29 is 0 Å². The van der Waals surface area contributed by atoms with Gasteiger partial charge < -0.3 is 9.47 Å². The molecule has 0 amide bonds. The smallest absolute Gasteiger partial charge is 0.0537 e. The molecule has 0 fully saturated rings. The van der Waals surface area contributed by atoms with E-state index >= 15 is 0 Å². The van der Waals surface area contributed by atoms with Gasteiger partial charge in [-0.15, -0.1) is 6.42 Å². The Balaban J connectivity index is 1.23. The Hall–Kier alpha value is -5.26. The van der Waals surface area contributed by atoms with Crippen molar-refractivity contribution in [3.8, 4) is 40.3 Å². The third-order valence-corrected chi connectivity index (χ3v) is 7.58. The van der Waals surface area contributed by atoms with Gasteiger partial charge in [0.15, 0.2) is 0 Å². The molecule has 1 aromatic heterocycles. The molecule has 6 rings (SSSR count). The van der Waals surface area contributed by atoms with Crippen molar-refractivity contribution >= 4 is 28.4 Å². The summed E-state index contributed by atoms with van der Waals surface area (Å²) in [6, 6.07) is 45.2. The number of anilines is 2. The number of nitrogens with zero attached hydrogens (tertiary/aromatic N) is 2. The van der Waals surface area contributed by atoms with Crippen LogP contribution in [0.1, 0.15) is 11.3 Å². The predicted molar refractivity (Wildman–Crippen MR) is 171 cm³/mol. The molecule has 0 radical (unpaired) electrons. The molecule has 0 N–H and O–H groups in total. The molecule has 0 spiro atoms. The Morgan fingerprint density at radius 1 is 0.625 bits per heavy atom. The minimum atomic E-state index is 1.13. The van der Waals surface area contributed by atoms with Crippen molar-refractivity contribution in [3.05, 3.63) is 145 Å². The summed E-state index contributed by atoms with van der Waals surface area (Å²) in [6.07, 6.45) is 9.29. The zero-order chi connectivity index (χ0) is 27.5. The maximum atomic E-state index is 5.49. The van der Waals surface area contributed by atoms with Crippen LogP contribution in [0.2, 0.25) is 0 Å². The van der Waals surface area contributed by atoms with E-state index in [1.807, 2.05) is 12.1 Å². The van der Waals surface area contributed by atoms with E-state index in [1.54, 1.807) is 6.08 Å². The first-order valence-electron chi connectivity index (χ1n) is 13.5. The van der Waals surface area contributed by atoms with Gasteiger partial charge in [0.05, 0.1) is 5.52 Å². The number of fused-ring (bicyclic) bond motifs is 1. The summed E-state index contributed by atoms with van der Waals surface area (Å²) in [5.74, 6) is 2.62. The van der Waals surface area contributed by atoms with Gasteiger partial charge in [0.1, 0.15) is 0 Å². The number of aromatic nitrogens is 1. The van der Waals surface area contributed by atoms with E-state index in [0.29, 0.717) is 0 Å². The molecule has 40 heavy (non-hydrogen) atoms. The second-order valence-electron chi connectivity index (χ2n) is 9.92. The first-order valence-corrected chi connectivity index (χ1v) is 13.5. The number of benzene rings is 5. The van der Waals surface area contributed by atoms with E-state index in [2.05, 4.69) is 151 Å². The molecule has 0 aliphatic carbocycles. The first-order chi connectivity index (χ1) is 19.6. The van der Waals surface area contributed by atoms with E-state index in [1.165, 1.54) is 38.9 Å². The molecular formula is C38H30N2. The Kier molecular flexibility index (Phi) is 6.79. The number of para-hydroxylation sites is 1. The monoisotopic (exact) mass is 514 g/mol. The molecule has 0 saturated heterocycles.